The van der Waals surface area contributed by atoms with Gasteiger partial charge in [-0.25, -0.2) is 0 Å². The van der Waals surface area contributed by atoms with Gasteiger partial charge in [-0.2, -0.15) is 0 Å². The van der Waals surface area contributed by atoms with Crippen LogP contribution in [0.2, 0.25) is 0 Å². The Morgan fingerprint density at radius 2 is 1.46 bits per heavy atom. The third-order valence-corrected chi connectivity index (χ3v) is 6.66. The van der Waals surface area contributed by atoms with Gasteiger partial charge < -0.3 is 9.97 Å². The van der Waals surface area contributed by atoms with E-state index in [-0.39, 0.29) is 20.1 Å². The van der Waals surface area contributed by atoms with Crippen LogP contribution in [-0.4, -0.2) is 9.97 Å². The largest absolute Gasteiger partial charge is 0.305 e. The molecule has 6 aromatic rings. The van der Waals surface area contributed by atoms with Gasteiger partial charge in [0.2, 0.25) is 0 Å². The summed E-state index contributed by atoms with van der Waals surface area (Å²) >= 11 is 0. The molecular formula is C38H36IrN2-2. The molecule has 0 aliphatic rings. The van der Waals surface area contributed by atoms with Gasteiger partial charge in [-0.1, -0.05) is 76.2 Å². The summed E-state index contributed by atoms with van der Waals surface area (Å²) in [6.45, 7) is 7.70. The fourth-order valence-corrected chi connectivity index (χ4v) is 5.04. The van der Waals surface area contributed by atoms with Crippen molar-refractivity contribution in [3.63, 3.8) is 0 Å². The molecule has 0 atom stereocenters. The van der Waals surface area contributed by atoms with E-state index in [1.807, 2.05) is 76.4 Å². The molecule has 6 rings (SSSR count). The Morgan fingerprint density at radius 1 is 0.683 bits per heavy atom. The average Bonchev–Trinajstić information content (AvgIpc) is 2.96. The van der Waals surface area contributed by atoms with Gasteiger partial charge in [0.25, 0.3) is 0 Å². The van der Waals surface area contributed by atoms with Gasteiger partial charge in [0.15, 0.2) is 0 Å². The van der Waals surface area contributed by atoms with E-state index in [0.717, 1.165) is 39.0 Å². The Labute approximate surface area is 261 Å². The molecule has 4 aromatic carbocycles. The van der Waals surface area contributed by atoms with Crippen molar-refractivity contribution in [2.45, 2.75) is 40.5 Å². The van der Waals surface area contributed by atoms with Crippen LogP contribution in [0.3, 0.4) is 0 Å². The van der Waals surface area contributed by atoms with E-state index in [1.54, 1.807) is 6.20 Å². The Hall–Kier alpha value is -3.65. The molecule has 0 bridgehead atoms. The first-order valence-electron chi connectivity index (χ1n) is 14.8. The zero-order chi connectivity index (χ0) is 29.7. The molecule has 2 heterocycles. The summed E-state index contributed by atoms with van der Waals surface area (Å²) in [6, 6.07) is 39.4. The first-order chi connectivity index (χ1) is 20.1. The van der Waals surface area contributed by atoms with Crippen molar-refractivity contribution < 1.29 is 22.8 Å². The van der Waals surface area contributed by atoms with Crippen molar-refractivity contribution in [2.75, 3.05) is 0 Å². The van der Waals surface area contributed by atoms with Crippen molar-refractivity contribution in [2.24, 2.45) is 11.8 Å². The van der Waals surface area contributed by atoms with Crippen LogP contribution in [0.5, 0.6) is 0 Å². The second kappa shape index (κ2) is 14.3. The predicted molar refractivity (Wildman–Crippen MR) is 169 cm³/mol. The third kappa shape index (κ3) is 7.76. The van der Waals surface area contributed by atoms with E-state index < -0.39 is 11.8 Å². The third-order valence-electron chi connectivity index (χ3n) is 6.66. The van der Waals surface area contributed by atoms with E-state index in [2.05, 4.69) is 71.7 Å². The van der Waals surface area contributed by atoms with E-state index >= 15 is 0 Å². The number of benzene rings is 4. The number of rotatable bonds is 6. The molecule has 0 saturated carbocycles. The van der Waals surface area contributed by atoms with Crippen molar-refractivity contribution >= 4 is 21.5 Å². The summed E-state index contributed by atoms with van der Waals surface area (Å²) in [5.41, 5.74) is 5.97. The Balaban J connectivity index is 0.000000272. The van der Waals surface area contributed by atoms with Gasteiger partial charge in [0.1, 0.15) is 0 Å². The van der Waals surface area contributed by atoms with E-state index in [4.69, 9.17) is 7.73 Å². The van der Waals surface area contributed by atoms with Crippen LogP contribution in [0, 0.1) is 23.9 Å². The maximum Gasteiger partial charge on any atom is 0.0300 e. The number of hydrogen-bond donors (Lipinski definition) is 0. The summed E-state index contributed by atoms with van der Waals surface area (Å²) in [6.07, 6.45) is 4.91. The van der Waals surface area contributed by atoms with Gasteiger partial charge in [-0.3, -0.25) is 0 Å². The number of fused-ring (bicyclic) bond motifs is 3. The molecule has 0 aliphatic heterocycles. The SMILES string of the molecule is [2H]C(C)(C)Cc1[c-]c(-c2nccc3c2ccc2ccccc23)cc(CC([2H])(C)C)c1.[Ir].[c-]1ccccc1-c1ccccn1. The smallest absolute Gasteiger partial charge is 0.0300 e. The molecule has 41 heavy (non-hydrogen) atoms. The topological polar surface area (TPSA) is 25.8 Å². The minimum absolute atomic E-state index is 0. The van der Waals surface area contributed by atoms with Crippen LogP contribution in [-0.2, 0) is 32.9 Å². The fraction of sp³-hybridized carbons (Fsp3) is 0.211. The van der Waals surface area contributed by atoms with Crippen molar-refractivity contribution in [3.05, 3.63) is 133 Å². The van der Waals surface area contributed by atoms with Crippen molar-refractivity contribution in [1.29, 1.82) is 0 Å². The Kier molecular flexibility index (Phi) is 9.60. The van der Waals surface area contributed by atoms with E-state index in [0.29, 0.717) is 12.8 Å². The molecule has 0 fully saturated rings. The summed E-state index contributed by atoms with van der Waals surface area (Å²) < 4.78 is 16.7. The molecule has 2 aromatic heterocycles. The minimum Gasteiger partial charge on any atom is -0.305 e. The second-order valence-corrected chi connectivity index (χ2v) is 10.7. The number of nitrogens with zero attached hydrogens (tertiary/aromatic N) is 2. The van der Waals surface area contributed by atoms with Crippen LogP contribution in [0.15, 0.2) is 109 Å². The summed E-state index contributed by atoms with van der Waals surface area (Å²) in [5, 5.41) is 4.72. The molecule has 3 heteroatoms. The molecule has 0 N–H and O–H groups in total. The van der Waals surface area contributed by atoms with Crippen LogP contribution in [0.25, 0.3) is 44.1 Å². The number of hydrogen-bond acceptors (Lipinski definition) is 2. The average molecular weight is 715 g/mol. The van der Waals surface area contributed by atoms with Gasteiger partial charge in [0.05, 0.1) is 0 Å². The van der Waals surface area contributed by atoms with Crippen molar-refractivity contribution in [1.82, 2.24) is 9.97 Å². The molecule has 2 nitrogen and oxygen atoms in total. The number of pyridine rings is 2. The van der Waals surface area contributed by atoms with Gasteiger partial charge in [0, 0.05) is 35.2 Å². The van der Waals surface area contributed by atoms with Gasteiger partial charge in [-0.05, 0) is 69.7 Å². The molecule has 0 amide bonds. The van der Waals surface area contributed by atoms with Crippen LogP contribution in [0.4, 0.5) is 0 Å². The molecule has 0 spiro atoms. The Bertz CT molecular complexity index is 1720. The predicted octanol–water partition coefficient (Wildman–Crippen LogP) is 9.80. The molecular weight excluding hydrogens is 677 g/mol. The first kappa shape index (κ1) is 27.5. The van der Waals surface area contributed by atoms with Crippen LogP contribution in [0.1, 0.15) is 41.6 Å². The molecule has 0 saturated heterocycles. The molecule has 0 unspecified atom stereocenters. The maximum absolute atomic E-state index is 8.35. The van der Waals surface area contributed by atoms with E-state index in [1.165, 1.54) is 16.2 Å². The normalized spacial score (nSPS) is 12.1. The zero-order valence-electron chi connectivity index (χ0n) is 26.0. The molecule has 1 radical (unpaired) electrons. The first-order valence-corrected chi connectivity index (χ1v) is 13.8. The summed E-state index contributed by atoms with van der Waals surface area (Å²) in [7, 11) is 0. The Morgan fingerprint density at radius 3 is 2.20 bits per heavy atom. The van der Waals surface area contributed by atoms with Crippen LogP contribution >= 0.6 is 0 Å². The monoisotopic (exact) mass is 715 g/mol. The second-order valence-electron chi connectivity index (χ2n) is 10.7. The van der Waals surface area contributed by atoms with Gasteiger partial charge >= 0.3 is 0 Å². The minimum atomic E-state index is -0.578. The summed E-state index contributed by atoms with van der Waals surface area (Å²) in [4.78, 5) is 8.95. The van der Waals surface area contributed by atoms with Crippen LogP contribution < -0.4 is 0 Å². The fourth-order valence-electron chi connectivity index (χ4n) is 5.04. The standard InChI is InChI=1S/C27H28N.C11H8N.Ir/c1-18(2)13-20-15-21(14-19(3)4)17-23(16-20)27-26-10-9-22-7-5-6-8-24(22)25(26)11-12-28-27;1-2-6-10(7-3-1)11-8-4-5-9-12-11;/h5-12,15-16,18-19H,13-14H2,1-4H3;1-6,8-9H;/q2*-1;/i18D,19D;;. The maximum atomic E-state index is 8.35. The van der Waals surface area contributed by atoms with E-state index in [9.17, 15) is 0 Å². The number of aromatic nitrogens is 2. The van der Waals surface area contributed by atoms with Crippen molar-refractivity contribution in [3.8, 4) is 22.5 Å². The molecule has 209 valence electrons. The summed E-state index contributed by atoms with van der Waals surface area (Å²) in [5.74, 6) is -1.14. The van der Waals surface area contributed by atoms with Gasteiger partial charge in [-0.15, -0.1) is 70.8 Å². The quantitative estimate of drug-likeness (QED) is 0.127. The molecule has 0 aliphatic carbocycles. The zero-order valence-corrected chi connectivity index (χ0v) is 26.4.